The van der Waals surface area contributed by atoms with Gasteiger partial charge in [0.15, 0.2) is 0 Å². The Kier molecular flexibility index (Phi) is 2.33. The Labute approximate surface area is 79.2 Å². The third-order valence-electron chi connectivity index (χ3n) is 2.55. The van der Waals surface area contributed by atoms with Crippen LogP contribution in [0.2, 0.25) is 0 Å². The van der Waals surface area contributed by atoms with Crippen LogP contribution >= 0.6 is 0 Å². The molecule has 0 saturated carbocycles. The van der Waals surface area contributed by atoms with E-state index in [9.17, 15) is 0 Å². The molecule has 1 aliphatic heterocycles. The topological polar surface area (TPSA) is 12.0 Å². The second kappa shape index (κ2) is 3.64. The molecule has 2 rings (SSSR count). The first-order chi connectivity index (χ1) is 6.40. The number of hydrogen-bond donors (Lipinski definition) is 1. The standard InChI is InChI=1S/C12H13N/c1-2-11-5-3-4-6-12(11)7-10-8-13-9-10/h1,3-6,10,13H,7-9H2. The summed E-state index contributed by atoms with van der Waals surface area (Å²) in [6.07, 6.45) is 6.54. The number of benzene rings is 1. The molecule has 1 aromatic rings. The summed E-state index contributed by atoms with van der Waals surface area (Å²) >= 11 is 0. The highest BCUT2D eigenvalue weighted by Crippen LogP contribution is 2.15. The molecule has 1 aromatic carbocycles. The van der Waals surface area contributed by atoms with E-state index in [2.05, 4.69) is 23.4 Å². The Morgan fingerprint density at radius 2 is 2.15 bits per heavy atom. The molecule has 1 saturated heterocycles. The van der Waals surface area contributed by atoms with Crippen molar-refractivity contribution in [2.75, 3.05) is 13.1 Å². The zero-order valence-corrected chi connectivity index (χ0v) is 7.59. The third kappa shape index (κ3) is 1.74. The monoisotopic (exact) mass is 171 g/mol. The average Bonchev–Trinajstić information content (AvgIpc) is 2.12. The molecule has 0 amide bonds. The minimum Gasteiger partial charge on any atom is -0.316 e. The van der Waals surface area contributed by atoms with E-state index in [0.717, 1.165) is 31.0 Å². The molecule has 1 N–H and O–H groups in total. The molecule has 0 spiro atoms. The maximum Gasteiger partial charge on any atom is 0.0274 e. The first-order valence-electron chi connectivity index (χ1n) is 4.65. The normalized spacial score (nSPS) is 16.2. The summed E-state index contributed by atoms with van der Waals surface area (Å²) < 4.78 is 0. The molecule has 0 bridgehead atoms. The highest BCUT2D eigenvalue weighted by Gasteiger charge is 2.17. The lowest BCUT2D eigenvalue weighted by atomic mass is 9.92. The lowest BCUT2D eigenvalue weighted by molar-refractivity contribution is 0.346. The molecular weight excluding hydrogens is 158 g/mol. The van der Waals surface area contributed by atoms with Gasteiger partial charge in [0.25, 0.3) is 0 Å². The number of terminal acetylenes is 1. The molecule has 13 heavy (non-hydrogen) atoms. The number of hydrogen-bond acceptors (Lipinski definition) is 1. The van der Waals surface area contributed by atoms with Crippen LogP contribution in [-0.4, -0.2) is 13.1 Å². The van der Waals surface area contributed by atoms with Crippen LogP contribution in [-0.2, 0) is 6.42 Å². The van der Waals surface area contributed by atoms with Crippen LogP contribution in [0.3, 0.4) is 0 Å². The molecule has 0 unspecified atom stereocenters. The molecule has 0 aliphatic carbocycles. The summed E-state index contributed by atoms with van der Waals surface area (Å²) in [5.41, 5.74) is 2.37. The van der Waals surface area contributed by atoms with Crippen LogP contribution in [0.4, 0.5) is 0 Å². The third-order valence-corrected chi connectivity index (χ3v) is 2.55. The van der Waals surface area contributed by atoms with Gasteiger partial charge in [-0.3, -0.25) is 0 Å². The SMILES string of the molecule is C#Cc1ccccc1CC1CNC1. The van der Waals surface area contributed by atoms with Crippen molar-refractivity contribution in [1.82, 2.24) is 5.32 Å². The van der Waals surface area contributed by atoms with E-state index >= 15 is 0 Å². The molecule has 1 heteroatoms. The fourth-order valence-corrected chi connectivity index (χ4v) is 1.64. The van der Waals surface area contributed by atoms with Gasteiger partial charge in [-0.2, -0.15) is 0 Å². The van der Waals surface area contributed by atoms with E-state index in [4.69, 9.17) is 6.42 Å². The molecule has 66 valence electrons. The summed E-state index contributed by atoms with van der Waals surface area (Å²) in [5, 5.41) is 3.27. The Morgan fingerprint density at radius 1 is 1.38 bits per heavy atom. The molecule has 1 aliphatic rings. The van der Waals surface area contributed by atoms with Crippen molar-refractivity contribution in [1.29, 1.82) is 0 Å². The van der Waals surface area contributed by atoms with Gasteiger partial charge in [0, 0.05) is 5.56 Å². The summed E-state index contributed by atoms with van der Waals surface area (Å²) in [6.45, 7) is 2.28. The van der Waals surface area contributed by atoms with Crippen LogP contribution in [0.25, 0.3) is 0 Å². The summed E-state index contributed by atoms with van der Waals surface area (Å²) in [6, 6.07) is 8.20. The van der Waals surface area contributed by atoms with Gasteiger partial charge in [-0.1, -0.05) is 24.1 Å². The van der Waals surface area contributed by atoms with E-state index in [0.29, 0.717) is 0 Å². The molecule has 1 heterocycles. The van der Waals surface area contributed by atoms with E-state index in [1.807, 2.05) is 12.1 Å². The first kappa shape index (κ1) is 8.34. The zero-order valence-electron chi connectivity index (χ0n) is 7.59. The van der Waals surface area contributed by atoms with Gasteiger partial charge < -0.3 is 5.32 Å². The quantitative estimate of drug-likeness (QED) is 0.664. The van der Waals surface area contributed by atoms with Crippen molar-refractivity contribution in [2.24, 2.45) is 5.92 Å². The second-order valence-electron chi connectivity index (χ2n) is 3.53. The molecule has 0 radical (unpaired) electrons. The van der Waals surface area contributed by atoms with Gasteiger partial charge in [-0.25, -0.2) is 0 Å². The highest BCUT2D eigenvalue weighted by molar-refractivity contribution is 5.40. The average molecular weight is 171 g/mol. The molecular formula is C12H13N. The van der Waals surface area contributed by atoms with Crippen molar-refractivity contribution in [3.8, 4) is 12.3 Å². The summed E-state index contributed by atoms with van der Waals surface area (Å²) in [4.78, 5) is 0. The van der Waals surface area contributed by atoms with Gasteiger partial charge in [-0.15, -0.1) is 6.42 Å². The minimum absolute atomic E-state index is 0.787. The van der Waals surface area contributed by atoms with Crippen molar-refractivity contribution in [3.05, 3.63) is 35.4 Å². The predicted molar refractivity (Wildman–Crippen MR) is 54.4 cm³/mol. The second-order valence-corrected chi connectivity index (χ2v) is 3.53. The maximum absolute atomic E-state index is 5.42. The highest BCUT2D eigenvalue weighted by atomic mass is 14.9. The minimum atomic E-state index is 0.787. The fourth-order valence-electron chi connectivity index (χ4n) is 1.64. The Morgan fingerprint density at radius 3 is 2.77 bits per heavy atom. The van der Waals surface area contributed by atoms with Crippen molar-refractivity contribution in [3.63, 3.8) is 0 Å². The lowest BCUT2D eigenvalue weighted by Gasteiger charge is -2.27. The van der Waals surface area contributed by atoms with Crippen molar-refractivity contribution in [2.45, 2.75) is 6.42 Å². The van der Waals surface area contributed by atoms with Crippen molar-refractivity contribution < 1.29 is 0 Å². The number of rotatable bonds is 2. The zero-order chi connectivity index (χ0) is 9.10. The summed E-state index contributed by atoms with van der Waals surface area (Å²) in [5.74, 6) is 3.52. The lowest BCUT2D eigenvalue weighted by Crippen LogP contribution is -2.43. The fraction of sp³-hybridized carbons (Fsp3) is 0.333. The van der Waals surface area contributed by atoms with E-state index in [1.165, 1.54) is 5.56 Å². The predicted octanol–water partition coefficient (Wildman–Crippen LogP) is 1.43. The van der Waals surface area contributed by atoms with Gasteiger partial charge in [0.1, 0.15) is 0 Å². The smallest absolute Gasteiger partial charge is 0.0274 e. The van der Waals surface area contributed by atoms with Crippen LogP contribution in [0, 0.1) is 18.3 Å². The van der Waals surface area contributed by atoms with Crippen LogP contribution in [0.15, 0.2) is 24.3 Å². The summed E-state index contributed by atoms with van der Waals surface area (Å²) in [7, 11) is 0. The Bertz CT molecular complexity index is 331. The molecule has 0 atom stereocenters. The van der Waals surface area contributed by atoms with Crippen LogP contribution in [0.1, 0.15) is 11.1 Å². The molecule has 1 nitrogen and oxygen atoms in total. The van der Waals surface area contributed by atoms with E-state index in [1.54, 1.807) is 0 Å². The maximum atomic E-state index is 5.42. The van der Waals surface area contributed by atoms with Crippen molar-refractivity contribution >= 4 is 0 Å². The van der Waals surface area contributed by atoms with E-state index < -0.39 is 0 Å². The largest absolute Gasteiger partial charge is 0.316 e. The number of nitrogens with one attached hydrogen (secondary N) is 1. The Balaban J connectivity index is 2.14. The van der Waals surface area contributed by atoms with Gasteiger partial charge in [-0.05, 0) is 37.1 Å². The molecule has 1 fully saturated rings. The van der Waals surface area contributed by atoms with Gasteiger partial charge in [0.2, 0.25) is 0 Å². The van der Waals surface area contributed by atoms with E-state index in [-0.39, 0.29) is 0 Å². The van der Waals surface area contributed by atoms with Gasteiger partial charge >= 0.3 is 0 Å². The van der Waals surface area contributed by atoms with Crippen LogP contribution in [0.5, 0.6) is 0 Å². The molecule has 0 aromatic heterocycles. The Hall–Kier alpha value is -1.26. The first-order valence-corrected chi connectivity index (χ1v) is 4.65. The van der Waals surface area contributed by atoms with Gasteiger partial charge in [0.05, 0.1) is 0 Å². The van der Waals surface area contributed by atoms with Crippen LogP contribution < -0.4 is 5.32 Å².